The molecule has 20 heavy (non-hydrogen) atoms. The van der Waals surface area contributed by atoms with Crippen LogP contribution in [0, 0.1) is 5.82 Å². The lowest BCUT2D eigenvalue weighted by molar-refractivity contribution is 0.474. The minimum Gasteiger partial charge on any atom is -0.507 e. The van der Waals surface area contributed by atoms with Crippen molar-refractivity contribution in [2.24, 2.45) is 0 Å². The van der Waals surface area contributed by atoms with E-state index in [4.69, 9.17) is 0 Å². The van der Waals surface area contributed by atoms with E-state index in [9.17, 15) is 14.3 Å². The van der Waals surface area contributed by atoms with Crippen LogP contribution in [-0.2, 0) is 0 Å². The first-order chi connectivity index (χ1) is 9.56. The number of aromatic hydroxyl groups is 1. The van der Waals surface area contributed by atoms with Crippen molar-refractivity contribution < 1.29 is 9.50 Å². The number of para-hydroxylation sites is 1. The van der Waals surface area contributed by atoms with Gasteiger partial charge >= 0.3 is 0 Å². The summed E-state index contributed by atoms with van der Waals surface area (Å²) in [7, 11) is 0. The summed E-state index contributed by atoms with van der Waals surface area (Å²) in [6.45, 7) is 0. The second kappa shape index (κ2) is 4.72. The number of hydrogen-bond donors (Lipinski definition) is 2. The first-order valence-electron chi connectivity index (χ1n) is 5.73. The number of benzene rings is 2. The quantitative estimate of drug-likeness (QED) is 0.718. The fraction of sp³-hybridized carbons (Fsp3) is 0. The van der Waals surface area contributed by atoms with Crippen LogP contribution in [0.4, 0.5) is 4.39 Å². The molecule has 1 aromatic heterocycles. The van der Waals surface area contributed by atoms with Crippen LogP contribution in [0.2, 0.25) is 0 Å². The Morgan fingerprint density at radius 3 is 2.80 bits per heavy atom. The second-order valence-corrected chi connectivity index (χ2v) is 5.07. The normalized spacial score (nSPS) is 10.9. The monoisotopic (exact) mass is 334 g/mol. The average Bonchev–Trinajstić information content (AvgIpc) is 2.43. The molecule has 4 nitrogen and oxygen atoms in total. The van der Waals surface area contributed by atoms with Gasteiger partial charge in [-0.2, -0.15) is 0 Å². The number of aromatic nitrogens is 2. The predicted octanol–water partition coefficient (Wildman–Crippen LogP) is 3.20. The fourth-order valence-corrected chi connectivity index (χ4v) is 2.27. The van der Waals surface area contributed by atoms with Crippen LogP contribution in [-0.4, -0.2) is 15.1 Å². The van der Waals surface area contributed by atoms with E-state index < -0.39 is 5.82 Å². The van der Waals surface area contributed by atoms with Gasteiger partial charge in [0.05, 0.1) is 20.9 Å². The van der Waals surface area contributed by atoms with E-state index in [0.717, 1.165) is 6.07 Å². The third kappa shape index (κ3) is 2.08. The summed E-state index contributed by atoms with van der Waals surface area (Å²) >= 11 is 2.98. The minimum absolute atomic E-state index is 0.123. The Balaban J connectivity index is 2.30. The minimum atomic E-state index is -0.548. The van der Waals surface area contributed by atoms with E-state index in [-0.39, 0.29) is 27.2 Å². The standard InChI is InChI=1S/C14H8BrFN2O2/c15-9-6-12(19)8(5-10(9)16)13-17-11-4-2-1-3-7(11)14(20)18-13/h1-6,19H,(H,17,18,20). The van der Waals surface area contributed by atoms with E-state index in [1.165, 1.54) is 6.07 Å². The van der Waals surface area contributed by atoms with Crippen molar-refractivity contribution in [2.75, 3.05) is 0 Å². The summed E-state index contributed by atoms with van der Waals surface area (Å²) in [5, 5.41) is 10.3. The van der Waals surface area contributed by atoms with Gasteiger partial charge in [-0.25, -0.2) is 9.37 Å². The van der Waals surface area contributed by atoms with Crippen molar-refractivity contribution in [1.29, 1.82) is 0 Å². The molecule has 0 atom stereocenters. The van der Waals surface area contributed by atoms with E-state index in [2.05, 4.69) is 25.9 Å². The summed E-state index contributed by atoms with van der Waals surface area (Å²) in [4.78, 5) is 18.7. The number of fused-ring (bicyclic) bond motifs is 1. The Morgan fingerprint density at radius 1 is 1.25 bits per heavy atom. The van der Waals surface area contributed by atoms with Crippen LogP contribution in [0.3, 0.4) is 0 Å². The lowest BCUT2D eigenvalue weighted by atomic mass is 10.1. The van der Waals surface area contributed by atoms with Gasteiger partial charge in [-0.3, -0.25) is 4.79 Å². The zero-order valence-corrected chi connectivity index (χ0v) is 11.6. The zero-order valence-electron chi connectivity index (χ0n) is 10.0. The smallest absolute Gasteiger partial charge is 0.259 e. The van der Waals surface area contributed by atoms with Crippen LogP contribution < -0.4 is 5.56 Å². The number of halogens is 2. The molecule has 2 aromatic carbocycles. The van der Waals surface area contributed by atoms with Crippen molar-refractivity contribution in [3.8, 4) is 17.1 Å². The molecule has 0 aliphatic carbocycles. The van der Waals surface area contributed by atoms with Crippen molar-refractivity contribution in [1.82, 2.24) is 9.97 Å². The third-order valence-corrected chi connectivity index (χ3v) is 3.51. The van der Waals surface area contributed by atoms with Gasteiger partial charge < -0.3 is 10.1 Å². The molecule has 6 heteroatoms. The van der Waals surface area contributed by atoms with E-state index in [1.807, 2.05) is 0 Å². The highest BCUT2D eigenvalue weighted by Gasteiger charge is 2.13. The van der Waals surface area contributed by atoms with Crippen LogP contribution in [0.25, 0.3) is 22.3 Å². The Bertz CT molecular complexity index is 877. The second-order valence-electron chi connectivity index (χ2n) is 4.22. The highest BCUT2D eigenvalue weighted by atomic mass is 79.9. The predicted molar refractivity (Wildman–Crippen MR) is 77.1 cm³/mol. The van der Waals surface area contributed by atoms with Gasteiger partial charge in [0.25, 0.3) is 5.56 Å². The highest BCUT2D eigenvalue weighted by Crippen LogP contribution is 2.31. The SMILES string of the molecule is O=c1[nH]c(-c2cc(F)c(Br)cc2O)nc2ccccc12. The molecule has 0 amide bonds. The molecule has 0 unspecified atom stereocenters. The molecule has 0 spiro atoms. The van der Waals surface area contributed by atoms with Crippen molar-refractivity contribution >= 4 is 26.8 Å². The molecule has 3 rings (SSSR count). The van der Waals surface area contributed by atoms with Gasteiger partial charge in [-0.15, -0.1) is 0 Å². The molecule has 0 saturated heterocycles. The Hall–Kier alpha value is -2.21. The van der Waals surface area contributed by atoms with Crippen LogP contribution >= 0.6 is 15.9 Å². The van der Waals surface area contributed by atoms with Gasteiger partial charge in [0.2, 0.25) is 0 Å². The number of nitrogens with one attached hydrogen (secondary N) is 1. The number of rotatable bonds is 1. The summed E-state index contributed by atoms with van der Waals surface area (Å²) in [6, 6.07) is 9.15. The van der Waals surface area contributed by atoms with Crippen molar-refractivity contribution in [2.45, 2.75) is 0 Å². The maximum atomic E-state index is 13.6. The molecule has 0 aliphatic rings. The Morgan fingerprint density at radius 2 is 2.00 bits per heavy atom. The number of phenolic OH excluding ortho intramolecular Hbond substituents is 1. The maximum absolute atomic E-state index is 13.6. The Labute approximate surface area is 121 Å². The van der Waals surface area contributed by atoms with Crippen molar-refractivity contribution in [3.63, 3.8) is 0 Å². The summed E-state index contributed by atoms with van der Waals surface area (Å²) < 4.78 is 13.7. The lowest BCUT2D eigenvalue weighted by Crippen LogP contribution is -2.09. The molecule has 2 N–H and O–H groups in total. The molecule has 0 saturated carbocycles. The highest BCUT2D eigenvalue weighted by molar-refractivity contribution is 9.10. The van der Waals surface area contributed by atoms with Crippen molar-refractivity contribution in [3.05, 3.63) is 57.0 Å². The molecule has 1 heterocycles. The third-order valence-electron chi connectivity index (χ3n) is 2.91. The molecule has 0 bridgehead atoms. The maximum Gasteiger partial charge on any atom is 0.259 e. The molecular formula is C14H8BrFN2O2. The topological polar surface area (TPSA) is 66.0 Å². The van der Waals surface area contributed by atoms with Gasteiger partial charge in [-0.1, -0.05) is 12.1 Å². The summed E-state index contributed by atoms with van der Waals surface area (Å²) in [6.07, 6.45) is 0. The van der Waals surface area contributed by atoms with Gasteiger partial charge in [0.15, 0.2) is 0 Å². The average molecular weight is 335 g/mol. The summed E-state index contributed by atoms with van der Waals surface area (Å²) in [5.41, 5.74) is 0.274. The number of aromatic amines is 1. The first-order valence-corrected chi connectivity index (χ1v) is 6.53. The van der Waals surface area contributed by atoms with E-state index in [1.54, 1.807) is 24.3 Å². The number of phenols is 1. The van der Waals surface area contributed by atoms with Crippen LogP contribution in [0.5, 0.6) is 5.75 Å². The molecule has 100 valence electrons. The van der Waals surface area contributed by atoms with Crippen LogP contribution in [0.15, 0.2) is 45.7 Å². The molecule has 0 fully saturated rings. The fourth-order valence-electron chi connectivity index (χ4n) is 1.94. The lowest BCUT2D eigenvalue weighted by Gasteiger charge is -2.06. The molecule has 0 radical (unpaired) electrons. The number of hydrogen-bond acceptors (Lipinski definition) is 3. The van der Waals surface area contributed by atoms with E-state index >= 15 is 0 Å². The van der Waals surface area contributed by atoms with E-state index in [0.29, 0.717) is 10.9 Å². The zero-order chi connectivity index (χ0) is 14.3. The van der Waals surface area contributed by atoms with Crippen LogP contribution in [0.1, 0.15) is 0 Å². The number of H-pyrrole nitrogens is 1. The summed E-state index contributed by atoms with van der Waals surface area (Å²) in [5.74, 6) is -0.595. The number of nitrogens with zero attached hydrogens (tertiary/aromatic N) is 1. The molecular weight excluding hydrogens is 327 g/mol. The van der Waals surface area contributed by atoms with Gasteiger partial charge in [0, 0.05) is 0 Å². The molecule has 3 aromatic rings. The largest absolute Gasteiger partial charge is 0.507 e. The molecule has 0 aliphatic heterocycles. The first kappa shape index (κ1) is 12.8. The Kier molecular flexibility index (Phi) is 3.02. The van der Waals surface area contributed by atoms with Gasteiger partial charge in [0.1, 0.15) is 17.4 Å². The van der Waals surface area contributed by atoms with Gasteiger partial charge in [-0.05, 0) is 40.2 Å².